The number of halogens is 4. The maximum Gasteiger partial charge on any atom is 0.417 e. The average Bonchev–Trinajstić information content (AvgIpc) is 2.56. The molecule has 0 radical (unpaired) electrons. The zero-order chi connectivity index (χ0) is 14.4. The van der Waals surface area contributed by atoms with E-state index in [0.717, 1.165) is 4.68 Å². The third kappa shape index (κ3) is 2.35. The van der Waals surface area contributed by atoms with Gasteiger partial charge in [-0.05, 0) is 13.0 Å². The zero-order valence-electron chi connectivity index (χ0n) is 9.86. The SMILES string of the molecule is Cc1nn(-c2ncc(C(F)(F)F)cc2Cl)c(=O)n1C. The van der Waals surface area contributed by atoms with Crippen molar-refractivity contribution in [3.05, 3.63) is 39.2 Å². The van der Waals surface area contributed by atoms with Crippen molar-refractivity contribution in [2.24, 2.45) is 7.05 Å². The number of aryl methyl sites for hydroxylation is 1. The van der Waals surface area contributed by atoms with Crippen LogP contribution in [0.5, 0.6) is 0 Å². The maximum atomic E-state index is 12.5. The van der Waals surface area contributed by atoms with E-state index in [9.17, 15) is 18.0 Å². The van der Waals surface area contributed by atoms with Gasteiger partial charge in [-0.3, -0.25) is 4.57 Å². The van der Waals surface area contributed by atoms with Gasteiger partial charge in [0.2, 0.25) is 0 Å². The fraction of sp³-hybridized carbons (Fsp3) is 0.300. The van der Waals surface area contributed by atoms with Crippen LogP contribution in [-0.2, 0) is 13.2 Å². The van der Waals surface area contributed by atoms with Gasteiger partial charge in [0, 0.05) is 13.2 Å². The van der Waals surface area contributed by atoms with Crippen molar-refractivity contribution in [2.45, 2.75) is 13.1 Å². The normalized spacial score (nSPS) is 11.9. The zero-order valence-corrected chi connectivity index (χ0v) is 10.6. The molecule has 0 atom stereocenters. The van der Waals surface area contributed by atoms with Crippen LogP contribution in [0.4, 0.5) is 13.2 Å². The van der Waals surface area contributed by atoms with Gasteiger partial charge in [-0.15, -0.1) is 5.10 Å². The van der Waals surface area contributed by atoms with Gasteiger partial charge >= 0.3 is 11.9 Å². The summed E-state index contributed by atoms with van der Waals surface area (Å²) in [5.41, 5.74) is -1.52. The first kappa shape index (κ1) is 13.6. The third-order valence-corrected chi connectivity index (χ3v) is 2.83. The molecule has 2 heterocycles. The van der Waals surface area contributed by atoms with Gasteiger partial charge in [0.25, 0.3) is 0 Å². The van der Waals surface area contributed by atoms with E-state index in [1.54, 1.807) is 6.92 Å². The summed E-state index contributed by atoms with van der Waals surface area (Å²) in [4.78, 5) is 15.3. The standard InChI is InChI=1S/C10H8ClF3N4O/c1-5-16-18(9(19)17(5)2)8-7(11)3-6(4-15-8)10(12,13)14/h3-4H,1-2H3. The molecule has 102 valence electrons. The second kappa shape index (κ2) is 4.37. The summed E-state index contributed by atoms with van der Waals surface area (Å²) in [6, 6.07) is 0.709. The number of hydrogen-bond donors (Lipinski definition) is 0. The summed E-state index contributed by atoms with van der Waals surface area (Å²) in [5, 5.41) is 3.58. The Morgan fingerprint density at radius 2 is 2.00 bits per heavy atom. The van der Waals surface area contributed by atoms with E-state index in [2.05, 4.69) is 10.1 Å². The predicted octanol–water partition coefficient (Wildman–Crippen LogP) is 1.95. The molecule has 0 unspecified atom stereocenters. The lowest BCUT2D eigenvalue weighted by Crippen LogP contribution is -2.23. The number of alkyl halides is 3. The van der Waals surface area contributed by atoms with Gasteiger partial charge in [0.15, 0.2) is 5.82 Å². The molecule has 0 saturated heterocycles. The molecule has 9 heteroatoms. The molecule has 0 bridgehead atoms. The van der Waals surface area contributed by atoms with E-state index < -0.39 is 17.4 Å². The lowest BCUT2D eigenvalue weighted by atomic mass is 10.3. The lowest BCUT2D eigenvalue weighted by molar-refractivity contribution is -0.137. The Morgan fingerprint density at radius 1 is 1.37 bits per heavy atom. The molecule has 0 amide bonds. The summed E-state index contributed by atoms with van der Waals surface area (Å²) in [6.07, 6.45) is -3.93. The second-order valence-corrected chi connectivity index (χ2v) is 4.23. The minimum Gasteiger partial charge on any atom is -0.282 e. The Hall–Kier alpha value is -1.83. The molecule has 0 aliphatic rings. The van der Waals surface area contributed by atoms with Gasteiger partial charge in [-0.2, -0.15) is 17.9 Å². The van der Waals surface area contributed by atoms with E-state index in [1.165, 1.54) is 11.6 Å². The molecule has 2 aromatic rings. The predicted molar refractivity (Wildman–Crippen MR) is 61.3 cm³/mol. The Balaban J connectivity index is 2.59. The molecule has 0 N–H and O–H groups in total. The molecule has 0 saturated carbocycles. The van der Waals surface area contributed by atoms with Crippen LogP contribution in [-0.4, -0.2) is 19.3 Å². The van der Waals surface area contributed by atoms with Crippen LogP contribution in [0.2, 0.25) is 5.02 Å². The van der Waals surface area contributed by atoms with Crippen molar-refractivity contribution in [1.29, 1.82) is 0 Å². The van der Waals surface area contributed by atoms with Crippen LogP contribution >= 0.6 is 11.6 Å². The lowest BCUT2D eigenvalue weighted by Gasteiger charge is -2.08. The molecule has 0 fully saturated rings. The number of pyridine rings is 1. The molecule has 19 heavy (non-hydrogen) atoms. The number of aromatic nitrogens is 4. The van der Waals surface area contributed by atoms with Crippen LogP contribution in [0.15, 0.2) is 17.1 Å². The topological polar surface area (TPSA) is 52.7 Å². The first-order valence-corrected chi connectivity index (χ1v) is 5.45. The highest BCUT2D eigenvalue weighted by Crippen LogP contribution is 2.31. The van der Waals surface area contributed by atoms with Crippen LogP contribution < -0.4 is 5.69 Å². The van der Waals surface area contributed by atoms with Gasteiger partial charge in [0.1, 0.15) is 5.82 Å². The molecule has 0 spiro atoms. The molecular formula is C10H8ClF3N4O. The van der Waals surface area contributed by atoms with Gasteiger partial charge < -0.3 is 0 Å². The highest BCUT2D eigenvalue weighted by Gasteiger charge is 2.32. The minimum absolute atomic E-state index is 0.136. The van der Waals surface area contributed by atoms with Crippen molar-refractivity contribution >= 4 is 11.6 Å². The Morgan fingerprint density at radius 3 is 2.42 bits per heavy atom. The number of nitrogens with zero attached hydrogens (tertiary/aromatic N) is 4. The maximum absolute atomic E-state index is 12.5. The number of rotatable bonds is 1. The summed E-state index contributed by atoms with van der Waals surface area (Å²) in [7, 11) is 1.49. The fourth-order valence-electron chi connectivity index (χ4n) is 1.41. The Kier molecular flexibility index (Phi) is 3.13. The van der Waals surface area contributed by atoms with Crippen LogP contribution in [0, 0.1) is 6.92 Å². The van der Waals surface area contributed by atoms with Gasteiger partial charge in [-0.25, -0.2) is 9.78 Å². The Bertz CT molecular complexity index is 689. The van der Waals surface area contributed by atoms with E-state index >= 15 is 0 Å². The van der Waals surface area contributed by atoms with E-state index in [1.807, 2.05) is 0 Å². The highest BCUT2D eigenvalue weighted by molar-refractivity contribution is 6.32. The third-order valence-electron chi connectivity index (χ3n) is 2.55. The molecule has 0 aliphatic heterocycles. The van der Waals surface area contributed by atoms with Gasteiger partial charge in [0.05, 0.1) is 10.6 Å². The van der Waals surface area contributed by atoms with Crippen LogP contribution in [0.3, 0.4) is 0 Å². The van der Waals surface area contributed by atoms with E-state index in [-0.39, 0.29) is 10.8 Å². The van der Waals surface area contributed by atoms with Crippen molar-refractivity contribution in [2.75, 3.05) is 0 Å². The summed E-state index contributed by atoms with van der Waals surface area (Å²) < 4.78 is 39.5. The summed E-state index contributed by atoms with van der Waals surface area (Å²) in [5.74, 6) is 0.256. The van der Waals surface area contributed by atoms with Gasteiger partial charge in [-0.1, -0.05) is 11.6 Å². The monoisotopic (exact) mass is 292 g/mol. The summed E-state index contributed by atoms with van der Waals surface area (Å²) >= 11 is 5.73. The van der Waals surface area contributed by atoms with Crippen LogP contribution in [0.1, 0.15) is 11.4 Å². The summed E-state index contributed by atoms with van der Waals surface area (Å²) in [6.45, 7) is 1.58. The largest absolute Gasteiger partial charge is 0.417 e. The van der Waals surface area contributed by atoms with Crippen molar-refractivity contribution in [1.82, 2.24) is 19.3 Å². The molecular weight excluding hydrogens is 285 g/mol. The smallest absolute Gasteiger partial charge is 0.282 e. The first-order chi connectivity index (χ1) is 8.71. The van der Waals surface area contributed by atoms with Crippen molar-refractivity contribution < 1.29 is 13.2 Å². The minimum atomic E-state index is -4.54. The van der Waals surface area contributed by atoms with E-state index in [4.69, 9.17) is 11.6 Å². The number of hydrogen-bond acceptors (Lipinski definition) is 3. The molecule has 2 aromatic heterocycles. The van der Waals surface area contributed by atoms with Crippen molar-refractivity contribution in [3.8, 4) is 5.82 Å². The molecule has 0 aromatic carbocycles. The second-order valence-electron chi connectivity index (χ2n) is 3.83. The Labute approximate surface area is 110 Å². The quantitative estimate of drug-likeness (QED) is 0.807. The van der Waals surface area contributed by atoms with E-state index in [0.29, 0.717) is 18.1 Å². The molecule has 0 aliphatic carbocycles. The molecule has 5 nitrogen and oxygen atoms in total. The highest BCUT2D eigenvalue weighted by atomic mass is 35.5. The average molecular weight is 293 g/mol. The van der Waals surface area contributed by atoms with Crippen molar-refractivity contribution in [3.63, 3.8) is 0 Å². The molecule has 2 rings (SSSR count). The van der Waals surface area contributed by atoms with Crippen LogP contribution in [0.25, 0.3) is 5.82 Å². The fourth-order valence-corrected chi connectivity index (χ4v) is 1.66. The first-order valence-electron chi connectivity index (χ1n) is 5.07.